The lowest BCUT2D eigenvalue weighted by atomic mass is 9.80. The van der Waals surface area contributed by atoms with Crippen LogP contribution in [0.2, 0.25) is 0 Å². The van der Waals surface area contributed by atoms with E-state index >= 15 is 0 Å². The van der Waals surface area contributed by atoms with E-state index in [2.05, 4.69) is 0 Å². The summed E-state index contributed by atoms with van der Waals surface area (Å²) in [7, 11) is 1.35. The first-order valence-electron chi connectivity index (χ1n) is 5.82. The second-order valence-corrected chi connectivity index (χ2v) is 5.20. The summed E-state index contributed by atoms with van der Waals surface area (Å²) in [6, 6.07) is 1.83. The summed E-state index contributed by atoms with van der Waals surface area (Å²) in [5.74, 6) is 0. The van der Waals surface area contributed by atoms with Crippen LogP contribution >= 0.6 is 0 Å². The molecule has 17 heavy (non-hydrogen) atoms. The van der Waals surface area contributed by atoms with Gasteiger partial charge < -0.3 is 13.9 Å². The van der Waals surface area contributed by atoms with Gasteiger partial charge in [-0.25, -0.2) is 0 Å². The van der Waals surface area contributed by atoms with Gasteiger partial charge in [0.05, 0.1) is 11.7 Å². The Morgan fingerprint density at radius 2 is 2.12 bits per heavy atom. The zero-order valence-corrected chi connectivity index (χ0v) is 11.0. The van der Waals surface area contributed by atoms with Crippen molar-refractivity contribution in [2.45, 2.75) is 39.4 Å². The number of rotatable bonds is 1. The summed E-state index contributed by atoms with van der Waals surface area (Å²) < 4.78 is 13.2. The van der Waals surface area contributed by atoms with Crippen molar-refractivity contribution in [3.05, 3.63) is 28.2 Å². The zero-order valence-electron chi connectivity index (χ0n) is 11.0. The Bertz CT molecular complexity index is 469. The molecule has 1 atom stereocenters. The minimum Gasteiger partial charge on any atom is -0.402 e. The molecule has 2 rings (SSSR count). The van der Waals surface area contributed by atoms with Gasteiger partial charge in [-0.1, -0.05) is 6.07 Å². The summed E-state index contributed by atoms with van der Waals surface area (Å²) in [5, 5.41) is 0. The Kier molecular flexibility index (Phi) is 2.91. The fourth-order valence-electron chi connectivity index (χ4n) is 1.93. The lowest BCUT2D eigenvalue weighted by molar-refractivity contribution is 0.0842. The molecule has 92 valence electrons. The van der Waals surface area contributed by atoms with Gasteiger partial charge in [0.25, 0.3) is 5.56 Å². The number of nitrogens with zero attached hydrogens (tertiary/aromatic N) is 1. The van der Waals surface area contributed by atoms with Crippen LogP contribution in [0.5, 0.6) is 0 Å². The SMILES string of the molecule is Cc1cc(B2OC(C)C(C)(C)O2)cn(C)c1=O. The van der Waals surface area contributed by atoms with Gasteiger partial charge in [-0.2, -0.15) is 0 Å². The fourth-order valence-corrected chi connectivity index (χ4v) is 1.93. The monoisotopic (exact) mass is 235 g/mol. The summed E-state index contributed by atoms with van der Waals surface area (Å²) >= 11 is 0. The van der Waals surface area contributed by atoms with E-state index in [1.165, 1.54) is 0 Å². The molecule has 1 saturated heterocycles. The first-order valence-corrected chi connectivity index (χ1v) is 5.82. The summed E-state index contributed by atoms with van der Waals surface area (Å²) in [6.07, 6.45) is 1.80. The number of aryl methyl sites for hydroxylation is 2. The molecule has 0 saturated carbocycles. The third-order valence-electron chi connectivity index (χ3n) is 3.37. The molecule has 0 amide bonds. The van der Waals surface area contributed by atoms with E-state index < -0.39 is 0 Å². The molecule has 0 aromatic carbocycles. The average Bonchev–Trinajstić information content (AvgIpc) is 2.49. The second kappa shape index (κ2) is 4.00. The van der Waals surface area contributed by atoms with Crippen molar-refractivity contribution in [3.63, 3.8) is 0 Å². The van der Waals surface area contributed by atoms with Gasteiger partial charge in [-0.3, -0.25) is 4.79 Å². The maximum atomic E-state index is 11.6. The van der Waals surface area contributed by atoms with Gasteiger partial charge in [-0.15, -0.1) is 0 Å². The Hall–Kier alpha value is -1.07. The van der Waals surface area contributed by atoms with Crippen LogP contribution in [0.25, 0.3) is 0 Å². The predicted octanol–water partition coefficient (Wildman–Crippen LogP) is 0.603. The van der Waals surface area contributed by atoms with E-state index in [1.807, 2.05) is 26.8 Å². The van der Waals surface area contributed by atoms with Crippen molar-refractivity contribution in [2.24, 2.45) is 7.05 Å². The summed E-state index contributed by atoms with van der Waals surface area (Å²) in [5.41, 5.74) is 1.31. The van der Waals surface area contributed by atoms with Crippen LogP contribution in [-0.4, -0.2) is 23.4 Å². The van der Waals surface area contributed by atoms with E-state index in [9.17, 15) is 4.79 Å². The first-order chi connectivity index (χ1) is 7.81. The second-order valence-electron chi connectivity index (χ2n) is 5.20. The zero-order chi connectivity index (χ0) is 12.8. The van der Waals surface area contributed by atoms with Crippen molar-refractivity contribution in [1.82, 2.24) is 4.57 Å². The molecule has 0 N–H and O–H groups in total. The molecule has 4 nitrogen and oxygen atoms in total. The molecule has 0 spiro atoms. The molecule has 1 aliphatic heterocycles. The van der Waals surface area contributed by atoms with Crippen LogP contribution in [0, 0.1) is 6.92 Å². The number of aromatic nitrogens is 1. The normalized spacial score (nSPS) is 23.1. The standard InChI is InChI=1S/C12H18BNO3/c1-8-6-10(7-14(5)11(8)15)13-16-9(2)12(3,4)17-13/h6-7,9H,1-5H3. The van der Waals surface area contributed by atoms with Gasteiger partial charge in [0.15, 0.2) is 0 Å². The van der Waals surface area contributed by atoms with Crippen molar-refractivity contribution in [2.75, 3.05) is 0 Å². The minimum atomic E-state index is -0.384. The third-order valence-corrected chi connectivity index (χ3v) is 3.37. The van der Waals surface area contributed by atoms with E-state index in [-0.39, 0.29) is 24.4 Å². The molecular formula is C12H18BNO3. The Labute approximate surface area is 102 Å². The minimum absolute atomic E-state index is 0.0130. The van der Waals surface area contributed by atoms with Gasteiger partial charge in [0.1, 0.15) is 0 Å². The van der Waals surface area contributed by atoms with Crippen LogP contribution in [0.1, 0.15) is 26.3 Å². The van der Waals surface area contributed by atoms with Crippen LogP contribution in [-0.2, 0) is 16.4 Å². The fraction of sp³-hybridized carbons (Fsp3) is 0.583. The van der Waals surface area contributed by atoms with Crippen molar-refractivity contribution in [3.8, 4) is 0 Å². The van der Waals surface area contributed by atoms with Crippen LogP contribution in [0.4, 0.5) is 0 Å². The highest BCUT2D eigenvalue weighted by Crippen LogP contribution is 2.26. The lowest BCUT2D eigenvalue weighted by Crippen LogP contribution is -2.38. The predicted molar refractivity (Wildman–Crippen MR) is 67.5 cm³/mol. The maximum Gasteiger partial charge on any atom is 0.496 e. The lowest BCUT2D eigenvalue weighted by Gasteiger charge is -2.21. The van der Waals surface area contributed by atoms with E-state index in [0.29, 0.717) is 5.56 Å². The summed E-state index contributed by atoms with van der Waals surface area (Å²) in [4.78, 5) is 11.6. The molecule has 1 aromatic rings. The van der Waals surface area contributed by atoms with Gasteiger partial charge in [0, 0.05) is 18.8 Å². The maximum absolute atomic E-state index is 11.6. The molecule has 1 fully saturated rings. The number of hydrogen-bond donors (Lipinski definition) is 0. The first kappa shape index (κ1) is 12.4. The molecule has 1 aliphatic rings. The third kappa shape index (κ3) is 2.17. The number of pyridine rings is 1. The van der Waals surface area contributed by atoms with E-state index in [4.69, 9.17) is 9.31 Å². The smallest absolute Gasteiger partial charge is 0.402 e. The molecule has 0 aliphatic carbocycles. The highest BCUT2D eigenvalue weighted by atomic mass is 16.7. The van der Waals surface area contributed by atoms with Crippen molar-refractivity contribution in [1.29, 1.82) is 0 Å². The Morgan fingerprint density at radius 1 is 1.47 bits per heavy atom. The quantitative estimate of drug-likeness (QED) is 0.669. The highest BCUT2D eigenvalue weighted by Gasteiger charge is 2.44. The van der Waals surface area contributed by atoms with Crippen LogP contribution in [0.15, 0.2) is 17.1 Å². The number of hydrogen-bond acceptors (Lipinski definition) is 3. The average molecular weight is 235 g/mol. The molecule has 0 radical (unpaired) electrons. The van der Waals surface area contributed by atoms with Gasteiger partial charge >= 0.3 is 7.12 Å². The van der Waals surface area contributed by atoms with Crippen LogP contribution in [0.3, 0.4) is 0 Å². The topological polar surface area (TPSA) is 40.5 Å². The molecular weight excluding hydrogens is 217 g/mol. The molecule has 0 bridgehead atoms. The molecule has 1 unspecified atom stereocenters. The van der Waals surface area contributed by atoms with E-state index in [0.717, 1.165) is 5.46 Å². The molecule has 5 heteroatoms. The van der Waals surface area contributed by atoms with Crippen molar-refractivity contribution < 1.29 is 9.31 Å². The molecule has 2 heterocycles. The van der Waals surface area contributed by atoms with Gasteiger partial charge in [0.2, 0.25) is 0 Å². The van der Waals surface area contributed by atoms with E-state index in [1.54, 1.807) is 24.7 Å². The van der Waals surface area contributed by atoms with Crippen LogP contribution < -0.4 is 11.0 Å². The Balaban J connectivity index is 2.34. The highest BCUT2D eigenvalue weighted by molar-refractivity contribution is 6.61. The van der Waals surface area contributed by atoms with Crippen molar-refractivity contribution >= 4 is 12.6 Å². The Morgan fingerprint density at radius 3 is 2.59 bits per heavy atom. The van der Waals surface area contributed by atoms with Gasteiger partial charge in [-0.05, 0) is 33.2 Å². The largest absolute Gasteiger partial charge is 0.496 e. The molecule has 1 aromatic heterocycles. The summed E-state index contributed by atoms with van der Waals surface area (Å²) in [6.45, 7) is 7.81.